The molecule has 1 N–H and O–H groups in total. The van der Waals surface area contributed by atoms with Gasteiger partial charge in [0.15, 0.2) is 0 Å². The van der Waals surface area contributed by atoms with Gasteiger partial charge in [-0.25, -0.2) is 4.79 Å². The first-order valence-corrected chi connectivity index (χ1v) is 6.43. The quantitative estimate of drug-likeness (QED) is 0.790. The van der Waals surface area contributed by atoms with E-state index in [2.05, 4.69) is 10.2 Å². The van der Waals surface area contributed by atoms with Gasteiger partial charge in [0, 0.05) is 12.0 Å². The summed E-state index contributed by atoms with van der Waals surface area (Å²) in [6, 6.07) is 8.13. The molecule has 0 aliphatic rings. The maximum Gasteiger partial charge on any atom is 0.335 e. The number of carbonyl (C=O) groups is 1. The summed E-state index contributed by atoms with van der Waals surface area (Å²) < 4.78 is 10.9. The van der Waals surface area contributed by atoms with Crippen molar-refractivity contribution in [3.63, 3.8) is 0 Å². The number of aromatic nitrogens is 2. The number of carboxylic acids is 1. The van der Waals surface area contributed by atoms with Gasteiger partial charge in [0.25, 0.3) is 5.89 Å². The van der Waals surface area contributed by atoms with Gasteiger partial charge in [-0.3, -0.25) is 0 Å². The standard InChI is InChI=1S/C15H12N2O4/c1-2-12-11(6-7-20-12)14-17-16-13(21-14)9-4-3-5-10(8-9)15(18)19/h3-8H,2H2,1H3,(H,18,19). The fraction of sp³-hybridized carbons (Fsp3) is 0.133. The van der Waals surface area contributed by atoms with Crippen LogP contribution in [0.15, 0.2) is 45.4 Å². The first-order chi connectivity index (χ1) is 10.2. The summed E-state index contributed by atoms with van der Waals surface area (Å²) in [4.78, 5) is 11.0. The van der Waals surface area contributed by atoms with Crippen molar-refractivity contribution < 1.29 is 18.7 Å². The van der Waals surface area contributed by atoms with Crippen molar-refractivity contribution in [2.75, 3.05) is 0 Å². The second kappa shape index (κ2) is 5.24. The van der Waals surface area contributed by atoms with Crippen molar-refractivity contribution in [3.05, 3.63) is 47.9 Å². The van der Waals surface area contributed by atoms with E-state index in [1.54, 1.807) is 24.5 Å². The maximum atomic E-state index is 11.0. The Hall–Kier alpha value is -2.89. The number of rotatable bonds is 4. The molecule has 0 amide bonds. The topological polar surface area (TPSA) is 89.4 Å². The highest BCUT2D eigenvalue weighted by atomic mass is 16.4. The molecule has 6 heteroatoms. The molecule has 0 unspecified atom stereocenters. The molecule has 0 aliphatic heterocycles. The molecule has 0 saturated carbocycles. The van der Waals surface area contributed by atoms with Crippen LogP contribution in [0.3, 0.4) is 0 Å². The number of hydrogen-bond donors (Lipinski definition) is 1. The highest BCUT2D eigenvalue weighted by Gasteiger charge is 2.16. The second-order valence-electron chi connectivity index (χ2n) is 4.41. The Balaban J connectivity index is 1.99. The van der Waals surface area contributed by atoms with Crippen molar-refractivity contribution >= 4 is 5.97 Å². The lowest BCUT2D eigenvalue weighted by atomic mass is 10.1. The first-order valence-electron chi connectivity index (χ1n) is 6.43. The number of aryl methyl sites for hydroxylation is 1. The second-order valence-corrected chi connectivity index (χ2v) is 4.41. The number of furan rings is 1. The van der Waals surface area contributed by atoms with Crippen LogP contribution in [0.4, 0.5) is 0 Å². The molecule has 0 radical (unpaired) electrons. The van der Waals surface area contributed by atoms with Gasteiger partial charge in [-0.1, -0.05) is 13.0 Å². The van der Waals surface area contributed by atoms with Gasteiger partial charge in [-0.2, -0.15) is 0 Å². The van der Waals surface area contributed by atoms with E-state index in [1.807, 2.05) is 6.92 Å². The summed E-state index contributed by atoms with van der Waals surface area (Å²) in [5.41, 5.74) is 1.49. The van der Waals surface area contributed by atoms with Gasteiger partial charge in [0.2, 0.25) is 5.89 Å². The van der Waals surface area contributed by atoms with E-state index >= 15 is 0 Å². The van der Waals surface area contributed by atoms with Crippen LogP contribution < -0.4 is 0 Å². The van der Waals surface area contributed by atoms with Gasteiger partial charge < -0.3 is 13.9 Å². The van der Waals surface area contributed by atoms with Crippen LogP contribution in [-0.4, -0.2) is 21.3 Å². The van der Waals surface area contributed by atoms with E-state index in [0.29, 0.717) is 17.9 Å². The predicted molar refractivity (Wildman–Crippen MR) is 73.8 cm³/mol. The largest absolute Gasteiger partial charge is 0.478 e. The molecule has 0 aliphatic carbocycles. The fourth-order valence-electron chi connectivity index (χ4n) is 2.04. The fourth-order valence-corrected chi connectivity index (χ4v) is 2.04. The molecule has 21 heavy (non-hydrogen) atoms. The van der Waals surface area contributed by atoms with E-state index in [1.165, 1.54) is 12.1 Å². The number of benzene rings is 1. The van der Waals surface area contributed by atoms with E-state index in [-0.39, 0.29) is 11.5 Å². The molecule has 0 atom stereocenters. The molecule has 0 fully saturated rings. The van der Waals surface area contributed by atoms with E-state index in [9.17, 15) is 4.79 Å². The van der Waals surface area contributed by atoms with Gasteiger partial charge in [-0.05, 0) is 24.3 Å². The third-order valence-electron chi connectivity index (χ3n) is 3.08. The number of hydrogen-bond acceptors (Lipinski definition) is 5. The van der Waals surface area contributed by atoms with Crippen LogP contribution in [0.2, 0.25) is 0 Å². The molecule has 1 aromatic carbocycles. The van der Waals surface area contributed by atoms with Crippen LogP contribution >= 0.6 is 0 Å². The van der Waals surface area contributed by atoms with Crippen molar-refractivity contribution in [3.8, 4) is 22.9 Å². The average molecular weight is 284 g/mol. The van der Waals surface area contributed by atoms with Crippen molar-refractivity contribution in [1.82, 2.24) is 10.2 Å². The Morgan fingerprint density at radius 1 is 1.24 bits per heavy atom. The number of nitrogens with zero attached hydrogens (tertiary/aromatic N) is 2. The summed E-state index contributed by atoms with van der Waals surface area (Å²) in [6.45, 7) is 1.97. The molecule has 0 spiro atoms. The Labute approximate surface area is 120 Å². The number of aromatic carboxylic acids is 1. The number of carboxylic acid groups (broad SMARTS) is 1. The zero-order valence-corrected chi connectivity index (χ0v) is 11.2. The Bertz CT molecular complexity index is 788. The van der Waals surface area contributed by atoms with Gasteiger partial charge in [0.05, 0.1) is 17.4 Å². The summed E-state index contributed by atoms with van der Waals surface area (Å²) in [6.07, 6.45) is 2.29. The molecular formula is C15H12N2O4. The lowest BCUT2D eigenvalue weighted by molar-refractivity contribution is 0.0697. The Morgan fingerprint density at radius 2 is 2.05 bits per heavy atom. The zero-order valence-electron chi connectivity index (χ0n) is 11.2. The molecule has 106 valence electrons. The first kappa shape index (κ1) is 13.1. The molecule has 3 rings (SSSR count). The minimum Gasteiger partial charge on any atom is -0.478 e. The third-order valence-corrected chi connectivity index (χ3v) is 3.08. The normalized spacial score (nSPS) is 10.7. The van der Waals surface area contributed by atoms with E-state index < -0.39 is 5.97 Å². The van der Waals surface area contributed by atoms with Crippen LogP contribution in [0.5, 0.6) is 0 Å². The van der Waals surface area contributed by atoms with Gasteiger partial charge in [-0.15, -0.1) is 10.2 Å². The van der Waals surface area contributed by atoms with Gasteiger partial charge in [0.1, 0.15) is 5.76 Å². The van der Waals surface area contributed by atoms with Crippen LogP contribution in [0, 0.1) is 0 Å². The van der Waals surface area contributed by atoms with E-state index in [4.69, 9.17) is 13.9 Å². The summed E-state index contributed by atoms with van der Waals surface area (Å²) >= 11 is 0. The average Bonchev–Trinajstić information content (AvgIpc) is 3.15. The lowest BCUT2D eigenvalue weighted by Gasteiger charge is -1.97. The van der Waals surface area contributed by atoms with Crippen LogP contribution in [-0.2, 0) is 6.42 Å². The Kier molecular flexibility index (Phi) is 3.27. The highest BCUT2D eigenvalue weighted by Crippen LogP contribution is 2.27. The van der Waals surface area contributed by atoms with Crippen LogP contribution in [0.1, 0.15) is 23.0 Å². The summed E-state index contributed by atoms with van der Waals surface area (Å²) in [5, 5.41) is 17.0. The van der Waals surface area contributed by atoms with Crippen molar-refractivity contribution in [2.45, 2.75) is 13.3 Å². The maximum absolute atomic E-state index is 11.0. The van der Waals surface area contributed by atoms with Crippen molar-refractivity contribution in [2.24, 2.45) is 0 Å². The molecule has 2 heterocycles. The van der Waals surface area contributed by atoms with Crippen molar-refractivity contribution in [1.29, 1.82) is 0 Å². The molecule has 6 nitrogen and oxygen atoms in total. The SMILES string of the molecule is CCc1occc1-c1nnc(-c2cccc(C(=O)O)c2)o1. The summed E-state index contributed by atoms with van der Waals surface area (Å²) in [5.74, 6) is 0.400. The molecule has 0 bridgehead atoms. The smallest absolute Gasteiger partial charge is 0.335 e. The molecular weight excluding hydrogens is 272 g/mol. The molecule has 0 saturated heterocycles. The monoisotopic (exact) mass is 284 g/mol. The summed E-state index contributed by atoms with van der Waals surface area (Å²) in [7, 11) is 0. The Morgan fingerprint density at radius 3 is 2.81 bits per heavy atom. The van der Waals surface area contributed by atoms with Gasteiger partial charge >= 0.3 is 5.97 Å². The minimum absolute atomic E-state index is 0.171. The zero-order chi connectivity index (χ0) is 14.8. The molecule has 2 aromatic heterocycles. The minimum atomic E-state index is -1.00. The lowest BCUT2D eigenvalue weighted by Crippen LogP contribution is -1.95. The predicted octanol–water partition coefficient (Wildman–Crippen LogP) is 3.26. The highest BCUT2D eigenvalue weighted by molar-refractivity contribution is 5.88. The third kappa shape index (κ3) is 2.43. The van der Waals surface area contributed by atoms with E-state index in [0.717, 1.165) is 11.3 Å². The molecule has 3 aromatic rings. The van der Waals surface area contributed by atoms with Crippen LogP contribution in [0.25, 0.3) is 22.9 Å².